The third-order valence-electron chi connectivity index (χ3n) is 4.04. The molecule has 5 nitrogen and oxygen atoms in total. The Balaban J connectivity index is 2.13. The lowest BCUT2D eigenvalue weighted by Crippen LogP contribution is -2.64. The quantitative estimate of drug-likeness (QED) is 0.708. The van der Waals surface area contributed by atoms with Crippen LogP contribution in [0, 0.1) is 5.92 Å². The van der Waals surface area contributed by atoms with Crippen LogP contribution in [0.5, 0.6) is 0 Å². The summed E-state index contributed by atoms with van der Waals surface area (Å²) in [5.41, 5.74) is -0.540. The molecule has 0 aromatic carbocycles. The van der Waals surface area contributed by atoms with Crippen LogP contribution in [0.3, 0.4) is 0 Å². The Morgan fingerprint density at radius 2 is 2.05 bits per heavy atom. The van der Waals surface area contributed by atoms with Crippen LogP contribution in [0.2, 0.25) is 0 Å². The normalized spacial score (nSPS) is 23.6. The summed E-state index contributed by atoms with van der Waals surface area (Å²) in [7, 11) is 0. The number of esters is 1. The summed E-state index contributed by atoms with van der Waals surface area (Å²) < 4.78 is 10.8. The predicted molar refractivity (Wildman–Crippen MR) is 77.6 cm³/mol. The zero-order valence-electron chi connectivity index (χ0n) is 13.0. The van der Waals surface area contributed by atoms with E-state index in [4.69, 9.17) is 9.47 Å². The average molecular weight is 284 g/mol. The number of rotatable bonds is 7. The molecule has 1 saturated carbocycles. The lowest BCUT2D eigenvalue weighted by Gasteiger charge is -2.40. The molecule has 1 N–H and O–H groups in total. The van der Waals surface area contributed by atoms with E-state index in [9.17, 15) is 4.79 Å². The van der Waals surface area contributed by atoms with Crippen molar-refractivity contribution in [3.63, 3.8) is 0 Å². The van der Waals surface area contributed by atoms with Crippen molar-refractivity contribution >= 4 is 5.97 Å². The van der Waals surface area contributed by atoms with Crippen LogP contribution in [0.1, 0.15) is 33.6 Å². The second kappa shape index (κ2) is 6.87. The van der Waals surface area contributed by atoms with Gasteiger partial charge in [0.1, 0.15) is 5.54 Å². The van der Waals surface area contributed by atoms with Crippen LogP contribution in [-0.4, -0.2) is 61.9 Å². The van der Waals surface area contributed by atoms with Crippen molar-refractivity contribution in [1.82, 2.24) is 10.2 Å². The highest BCUT2D eigenvalue weighted by molar-refractivity contribution is 5.82. The van der Waals surface area contributed by atoms with Gasteiger partial charge in [-0.05, 0) is 39.5 Å². The van der Waals surface area contributed by atoms with E-state index in [2.05, 4.69) is 24.1 Å². The molecule has 0 radical (unpaired) electrons. The van der Waals surface area contributed by atoms with Crippen LogP contribution >= 0.6 is 0 Å². The van der Waals surface area contributed by atoms with Crippen molar-refractivity contribution in [3.05, 3.63) is 0 Å². The number of morpholine rings is 1. The van der Waals surface area contributed by atoms with Crippen molar-refractivity contribution < 1.29 is 14.3 Å². The van der Waals surface area contributed by atoms with E-state index in [1.54, 1.807) is 0 Å². The molecule has 0 spiro atoms. The van der Waals surface area contributed by atoms with E-state index in [1.807, 2.05) is 6.92 Å². The van der Waals surface area contributed by atoms with Crippen LogP contribution in [0.15, 0.2) is 0 Å². The van der Waals surface area contributed by atoms with Gasteiger partial charge in [0.25, 0.3) is 0 Å². The monoisotopic (exact) mass is 284 g/mol. The molecular weight excluding hydrogens is 256 g/mol. The largest absolute Gasteiger partial charge is 0.465 e. The summed E-state index contributed by atoms with van der Waals surface area (Å²) >= 11 is 0. The number of carbonyl (C=O) groups is 1. The smallest absolute Gasteiger partial charge is 0.327 e. The van der Waals surface area contributed by atoms with Gasteiger partial charge >= 0.3 is 5.97 Å². The average Bonchev–Trinajstić information content (AvgIpc) is 3.23. The Morgan fingerprint density at radius 3 is 2.55 bits per heavy atom. The first-order valence-corrected chi connectivity index (χ1v) is 7.83. The number of hydrogen-bond acceptors (Lipinski definition) is 5. The van der Waals surface area contributed by atoms with Crippen LogP contribution < -0.4 is 5.32 Å². The SMILES string of the molecule is CCOC(=O)C(CN1CCOCC1)(NC(C)C)C1CC1. The number of hydrogen-bond donors (Lipinski definition) is 1. The number of carbonyl (C=O) groups excluding carboxylic acids is 1. The number of ether oxygens (including phenoxy) is 2. The maximum Gasteiger partial charge on any atom is 0.327 e. The van der Waals surface area contributed by atoms with Crippen molar-refractivity contribution in [2.24, 2.45) is 5.92 Å². The van der Waals surface area contributed by atoms with E-state index < -0.39 is 5.54 Å². The standard InChI is InChI=1S/C15H28N2O3/c1-4-20-14(18)15(13-5-6-13,16-12(2)3)11-17-7-9-19-10-8-17/h12-13,16H,4-11H2,1-3H3. The summed E-state index contributed by atoms with van der Waals surface area (Å²) in [6.07, 6.45) is 2.23. The second-order valence-corrected chi connectivity index (χ2v) is 6.15. The van der Waals surface area contributed by atoms with Gasteiger partial charge in [0.15, 0.2) is 0 Å². The molecule has 1 aliphatic heterocycles. The van der Waals surface area contributed by atoms with E-state index in [-0.39, 0.29) is 12.0 Å². The van der Waals surface area contributed by atoms with Crippen molar-refractivity contribution in [2.75, 3.05) is 39.5 Å². The Bertz CT molecular complexity index is 325. The topological polar surface area (TPSA) is 50.8 Å². The zero-order valence-corrected chi connectivity index (χ0v) is 13.0. The summed E-state index contributed by atoms with van der Waals surface area (Å²) in [5, 5.41) is 3.53. The summed E-state index contributed by atoms with van der Waals surface area (Å²) in [6.45, 7) is 10.5. The third-order valence-corrected chi connectivity index (χ3v) is 4.04. The molecule has 5 heteroatoms. The Morgan fingerprint density at radius 1 is 1.40 bits per heavy atom. The second-order valence-electron chi connectivity index (χ2n) is 6.15. The Labute approximate surface area is 122 Å². The highest BCUT2D eigenvalue weighted by atomic mass is 16.5. The minimum Gasteiger partial charge on any atom is -0.465 e. The van der Waals surface area contributed by atoms with Gasteiger partial charge in [-0.3, -0.25) is 10.2 Å². The van der Waals surface area contributed by atoms with Gasteiger partial charge in [-0.25, -0.2) is 4.79 Å². The van der Waals surface area contributed by atoms with Gasteiger partial charge < -0.3 is 9.47 Å². The maximum atomic E-state index is 12.6. The third kappa shape index (κ3) is 3.71. The molecule has 0 aromatic heterocycles. The van der Waals surface area contributed by atoms with Crippen LogP contribution in [-0.2, 0) is 14.3 Å². The Hall–Kier alpha value is -0.650. The molecule has 1 atom stereocenters. The Kier molecular flexibility index (Phi) is 5.41. The van der Waals surface area contributed by atoms with E-state index in [0.29, 0.717) is 12.5 Å². The fourth-order valence-electron chi connectivity index (χ4n) is 3.05. The van der Waals surface area contributed by atoms with Crippen LogP contribution in [0.4, 0.5) is 0 Å². The van der Waals surface area contributed by atoms with Gasteiger partial charge in [-0.2, -0.15) is 0 Å². The first-order chi connectivity index (χ1) is 9.58. The summed E-state index contributed by atoms with van der Waals surface area (Å²) in [5.74, 6) is 0.328. The molecule has 116 valence electrons. The molecule has 1 aliphatic carbocycles. The molecular formula is C15H28N2O3. The van der Waals surface area contributed by atoms with Gasteiger partial charge in [0.05, 0.1) is 19.8 Å². The number of nitrogens with one attached hydrogen (secondary N) is 1. The molecule has 2 aliphatic rings. The van der Waals surface area contributed by atoms with Crippen molar-refractivity contribution in [2.45, 2.75) is 45.2 Å². The minimum atomic E-state index is -0.540. The number of nitrogens with zero attached hydrogens (tertiary/aromatic N) is 1. The van der Waals surface area contributed by atoms with Crippen molar-refractivity contribution in [3.8, 4) is 0 Å². The first kappa shape index (κ1) is 15.7. The fraction of sp³-hybridized carbons (Fsp3) is 0.933. The lowest BCUT2D eigenvalue weighted by atomic mass is 9.91. The summed E-state index contributed by atoms with van der Waals surface area (Å²) in [4.78, 5) is 14.9. The molecule has 1 saturated heterocycles. The van der Waals surface area contributed by atoms with Crippen molar-refractivity contribution in [1.29, 1.82) is 0 Å². The predicted octanol–water partition coefficient (Wildman–Crippen LogP) is 1.03. The molecule has 2 fully saturated rings. The van der Waals surface area contributed by atoms with E-state index in [0.717, 1.165) is 45.7 Å². The first-order valence-electron chi connectivity index (χ1n) is 7.83. The molecule has 2 rings (SSSR count). The molecule has 0 amide bonds. The molecule has 20 heavy (non-hydrogen) atoms. The van der Waals surface area contributed by atoms with E-state index >= 15 is 0 Å². The van der Waals surface area contributed by atoms with E-state index in [1.165, 1.54) is 0 Å². The van der Waals surface area contributed by atoms with Gasteiger partial charge in [0.2, 0.25) is 0 Å². The highest BCUT2D eigenvalue weighted by Crippen LogP contribution is 2.41. The molecule has 0 bridgehead atoms. The molecule has 0 aromatic rings. The zero-order chi connectivity index (χ0) is 14.6. The highest BCUT2D eigenvalue weighted by Gasteiger charge is 2.53. The molecule has 1 heterocycles. The maximum absolute atomic E-state index is 12.6. The summed E-state index contributed by atoms with van der Waals surface area (Å²) in [6, 6.07) is 0.265. The van der Waals surface area contributed by atoms with Gasteiger partial charge in [0, 0.05) is 25.7 Å². The van der Waals surface area contributed by atoms with Gasteiger partial charge in [-0.1, -0.05) is 0 Å². The molecule has 1 unspecified atom stereocenters. The van der Waals surface area contributed by atoms with Crippen LogP contribution in [0.25, 0.3) is 0 Å². The minimum absolute atomic E-state index is 0.0808. The fourth-order valence-corrected chi connectivity index (χ4v) is 3.05. The van der Waals surface area contributed by atoms with Gasteiger partial charge in [-0.15, -0.1) is 0 Å². The lowest BCUT2D eigenvalue weighted by molar-refractivity contribution is -0.154.